The van der Waals surface area contributed by atoms with Gasteiger partial charge in [-0.2, -0.15) is 0 Å². The van der Waals surface area contributed by atoms with Gasteiger partial charge in [-0.05, 0) is 63.8 Å². The maximum absolute atomic E-state index is 11.8. The van der Waals surface area contributed by atoms with Gasteiger partial charge in [-0.3, -0.25) is 4.79 Å². The fourth-order valence-corrected chi connectivity index (χ4v) is 5.46. The molecule has 2 aromatic heterocycles. The Hall–Kier alpha value is -3.13. The van der Waals surface area contributed by atoms with Gasteiger partial charge in [-0.1, -0.05) is 0 Å². The Morgan fingerprint density at radius 3 is 2.53 bits per heavy atom. The van der Waals surface area contributed by atoms with Crippen molar-refractivity contribution in [2.75, 3.05) is 19.0 Å². The van der Waals surface area contributed by atoms with E-state index in [4.69, 9.17) is 4.42 Å². The van der Waals surface area contributed by atoms with Crippen molar-refractivity contribution in [1.82, 2.24) is 20.8 Å². The first-order valence-corrected chi connectivity index (χ1v) is 11.0. The fourth-order valence-electron chi connectivity index (χ4n) is 5.46. The second-order valence-electron chi connectivity index (χ2n) is 9.79. The predicted octanol–water partition coefficient (Wildman–Crippen LogP) is 3.45. The Bertz CT molecular complexity index is 1170. The van der Waals surface area contributed by atoms with Crippen molar-refractivity contribution in [2.24, 2.45) is 0 Å². The zero-order valence-electron chi connectivity index (χ0n) is 18.9. The molecular formula is C24H29N5O3. The molecule has 2 saturated heterocycles. The molecule has 2 aliphatic heterocycles. The highest BCUT2D eigenvalue weighted by Gasteiger charge is 2.49. The SMILES string of the molecule is CNC(=O)c1cc2cc(-c3ccc(N(C)[C@@H]4C[C@]5(C)CC[C@](C)(C4)N5)nn3)c(O)cc2o1. The summed E-state index contributed by atoms with van der Waals surface area (Å²) in [6.45, 7) is 4.63. The van der Waals surface area contributed by atoms with Crippen molar-refractivity contribution in [1.29, 1.82) is 0 Å². The summed E-state index contributed by atoms with van der Waals surface area (Å²) in [5.41, 5.74) is 1.91. The monoisotopic (exact) mass is 435 g/mol. The van der Waals surface area contributed by atoms with Gasteiger partial charge < -0.3 is 25.1 Å². The summed E-state index contributed by atoms with van der Waals surface area (Å²) in [7, 11) is 3.63. The molecule has 0 radical (unpaired) electrons. The number of anilines is 1. The third-order valence-electron chi connectivity index (χ3n) is 7.13. The van der Waals surface area contributed by atoms with Crippen molar-refractivity contribution >= 4 is 22.7 Å². The minimum atomic E-state index is -0.316. The van der Waals surface area contributed by atoms with E-state index in [-0.39, 0.29) is 28.5 Å². The number of fused-ring (bicyclic) bond motifs is 3. The largest absolute Gasteiger partial charge is 0.507 e. The highest BCUT2D eigenvalue weighted by molar-refractivity contribution is 5.97. The minimum Gasteiger partial charge on any atom is -0.507 e. The Labute approximate surface area is 187 Å². The van der Waals surface area contributed by atoms with Crippen LogP contribution in [0.4, 0.5) is 5.82 Å². The van der Waals surface area contributed by atoms with E-state index in [0.29, 0.717) is 28.3 Å². The maximum Gasteiger partial charge on any atom is 0.286 e. The Kier molecular flexibility index (Phi) is 4.67. The highest BCUT2D eigenvalue weighted by atomic mass is 16.3. The van der Waals surface area contributed by atoms with Gasteiger partial charge in [0.1, 0.15) is 11.3 Å². The molecule has 5 rings (SSSR count). The Balaban J connectivity index is 1.40. The lowest BCUT2D eigenvalue weighted by atomic mass is 9.84. The van der Waals surface area contributed by atoms with Gasteiger partial charge in [0.25, 0.3) is 5.91 Å². The summed E-state index contributed by atoms with van der Waals surface area (Å²) < 4.78 is 5.53. The second kappa shape index (κ2) is 7.20. The molecule has 0 unspecified atom stereocenters. The van der Waals surface area contributed by atoms with Crippen LogP contribution in [0.15, 0.2) is 34.7 Å². The van der Waals surface area contributed by atoms with E-state index < -0.39 is 0 Å². The van der Waals surface area contributed by atoms with Crippen LogP contribution in [0.25, 0.3) is 22.2 Å². The average Bonchev–Trinajstić information content (AvgIpc) is 3.28. The summed E-state index contributed by atoms with van der Waals surface area (Å²) in [6, 6.07) is 9.14. The number of hydrogen-bond acceptors (Lipinski definition) is 7. The molecule has 0 aliphatic carbocycles. The Morgan fingerprint density at radius 2 is 1.91 bits per heavy atom. The van der Waals surface area contributed by atoms with E-state index in [1.165, 1.54) is 18.9 Å². The number of phenols is 1. The molecule has 3 aromatic rings. The lowest BCUT2D eigenvalue weighted by molar-refractivity contribution is 0.0937. The predicted molar refractivity (Wildman–Crippen MR) is 123 cm³/mol. The van der Waals surface area contributed by atoms with E-state index in [9.17, 15) is 9.90 Å². The second-order valence-corrected chi connectivity index (χ2v) is 9.79. The summed E-state index contributed by atoms with van der Waals surface area (Å²) >= 11 is 0. The minimum absolute atomic E-state index is 0.0292. The van der Waals surface area contributed by atoms with E-state index in [0.717, 1.165) is 18.7 Å². The number of piperidine rings is 1. The van der Waals surface area contributed by atoms with Crippen molar-refractivity contribution in [3.8, 4) is 17.0 Å². The van der Waals surface area contributed by atoms with Gasteiger partial charge in [-0.15, -0.1) is 10.2 Å². The number of rotatable bonds is 4. The highest BCUT2D eigenvalue weighted by Crippen LogP contribution is 2.44. The van der Waals surface area contributed by atoms with Crippen LogP contribution in [0.3, 0.4) is 0 Å². The standard InChI is InChI=1S/C24H29N5O3/c1-23-7-8-24(2,28-23)13-15(12-23)29(4)21-6-5-17(26-27-21)16-9-14-10-20(22(31)25-3)32-19(14)11-18(16)30/h5-6,9-11,15,28,30H,7-8,12-13H2,1-4H3,(H,25,31)/t15-,23+,24-. The Morgan fingerprint density at radius 1 is 1.19 bits per heavy atom. The fraction of sp³-hybridized carbons (Fsp3) is 0.458. The van der Waals surface area contributed by atoms with Gasteiger partial charge in [-0.25, -0.2) is 0 Å². The third-order valence-corrected chi connectivity index (χ3v) is 7.13. The quantitative estimate of drug-likeness (QED) is 0.577. The van der Waals surface area contributed by atoms with Gasteiger partial charge in [0.2, 0.25) is 0 Å². The molecule has 2 fully saturated rings. The van der Waals surface area contributed by atoms with Crippen LogP contribution in [0.5, 0.6) is 5.75 Å². The number of carbonyl (C=O) groups is 1. The third kappa shape index (κ3) is 3.48. The maximum atomic E-state index is 11.8. The summed E-state index contributed by atoms with van der Waals surface area (Å²) in [6.07, 6.45) is 4.56. The number of aromatic hydroxyl groups is 1. The smallest absolute Gasteiger partial charge is 0.286 e. The molecule has 1 amide bonds. The van der Waals surface area contributed by atoms with Crippen molar-refractivity contribution in [3.63, 3.8) is 0 Å². The molecule has 1 aromatic carbocycles. The van der Waals surface area contributed by atoms with Crippen LogP contribution in [0.1, 0.15) is 50.1 Å². The van der Waals surface area contributed by atoms with Crippen LogP contribution in [-0.2, 0) is 0 Å². The van der Waals surface area contributed by atoms with E-state index >= 15 is 0 Å². The van der Waals surface area contributed by atoms with Gasteiger partial charge in [0.05, 0.1) is 5.69 Å². The van der Waals surface area contributed by atoms with E-state index in [2.05, 4.69) is 46.6 Å². The molecule has 4 heterocycles. The molecule has 0 saturated carbocycles. The van der Waals surface area contributed by atoms with Gasteiger partial charge in [0, 0.05) is 48.2 Å². The number of furan rings is 1. The first-order chi connectivity index (χ1) is 15.2. The van der Waals surface area contributed by atoms with Gasteiger partial charge >= 0.3 is 0 Å². The molecule has 8 nitrogen and oxygen atoms in total. The number of benzene rings is 1. The summed E-state index contributed by atoms with van der Waals surface area (Å²) in [4.78, 5) is 14.1. The van der Waals surface area contributed by atoms with Gasteiger partial charge in [0.15, 0.2) is 11.6 Å². The molecule has 3 N–H and O–H groups in total. The normalized spacial score (nSPS) is 26.9. The molecule has 3 atom stereocenters. The topological polar surface area (TPSA) is 104 Å². The molecule has 32 heavy (non-hydrogen) atoms. The average molecular weight is 436 g/mol. The van der Waals surface area contributed by atoms with Crippen LogP contribution < -0.4 is 15.5 Å². The number of nitrogens with zero attached hydrogens (tertiary/aromatic N) is 3. The first-order valence-electron chi connectivity index (χ1n) is 11.0. The number of amides is 1. The number of aromatic nitrogens is 2. The lowest BCUT2D eigenvalue weighted by Crippen LogP contribution is -2.58. The zero-order valence-corrected chi connectivity index (χ0v) is 18.9. The van der Waals surface area contributed by atoms with Crippen LogP contribution in [-0.4, -0.2) is 52.4 Å². The van der Waals surface area contributed by atoms with Crippen LogP contribution in [0.2, 0.25) is 0 Å². The van der Waals surface area contributed by atoms with Crippen LogP contribution in [0, 0.1) is 0 Å². The van der Waals surface area contributed by atoms with Crippen molar-refractivity contribution in [3.05, 3.63) is 36.1 Å². The zero-order chi connectivity index (χ0) is 22.7. The molecular weight excluding hydrogens is 406 g/mol. The number of phenolic OH excluding ortho intramolecular Hbond substituents is 1. The molecule has 2 aliphatic rings. The summed E-state index contributed by atoms with van der Waals surface area (Å²) in [5, 5.41) is 26.5. The molecule has 2 bridgehead atoms. The molecule has 168 valence electrons. The summed E-state index contributed by atoms with van der Waals surface area (Å²) in [5.74, 6) is 0.725. The van der Waals surface area contributed by atoms with Crippen LogP contribution >= 0.6 is 0 Å². The van der Waals surface area contributed by atoms with E-state index in [1.807, 2.05) is 12.1 Å². The number of hydrogen-bond donors (Lipinski definition) is 3. The molecule has 8 heteroatoms. The van der Waals surface area contributed by atoms with E-state index in [1.54, 1.807) is 19.2 Å². The van der Waals surface area contributed by atoms with Crippen molar-refractivity contribution in [2.45, 2.75) is 56.7 Å². The number of carbonyl (C=O) groups excluding carboxylic acids is 1. The number of nitrogens with one attached hydrogen (secondary N) is 2. The first kappa shape index (κ1) is 20.8. The molecule has 0 spiro atoms. The lowest BCUT2D eigenvalue weighted by Gasteiger charge is -2.45. The van der Waals surface area contributed by atoms with Crippen molar-refractivity contribution < 1.29 is 14.3 Å².